The Morgan fingerprint density at radius 1 is 1.00 bits per heavy atom. The molecule has 0 spiro atoms. The molecule has 0 fully saturated rings. The maximum absolute atomic E-state index is 10.1. The predicted octanol–water partition coefficient (Wildman–Crippen LogP) is 2.95. The molecule has 0 bridgehead atoms. The van der Waals surface area contributed by atoms with E-state index in [2.05, 4.69) is 0 Å². The summed E-state index contributed by atoms with van der Waals surface area (Å²) in [6.45, 7) is 0. The van der Waals surface area contributed by atoms with E-state index in [9.17, 15) is 5.11 Å². The largest absolute Gasteiger partial charge is 0.503 e. The molecule has 5 nitrogen and oxygen atoms in total. The number of rotatable bonds is 1. The van der Waals surface area contributed by atoms with E-state index >= 15 is 0 Å². The Labute approximate surface area is 122 Å². The summed E-state index contributed by atoms with van der Waals surface area (Å²) in [4.78, 5) is 8.56. The highest BCUT2D eigenvalue weighted by atomic mass is 16.6. The molecule has 0 aromatic heterocycles. The van der Waals surface area contributed by atoms with Gasteiger partial charge in [0.25, 0.3) is 0 Å². The van der Waals surface area contributed by atoms with Crippen molar-refractivity contribution in [2.45, 2.75) is 18.6 Å². The maximum Gasteiger partial charge on any atom is 0.503 e. The molecule has 0 radical (unpaired) electrons. The molecule has 110 valence electrons. The molecule has 0 saturated carbocycles. The smallest absolute Gasteiger partial charge is 0.483 e. The third-order valence-corrected chi connectivity index (χ3v) is 3.13. The summed E-state index contributed by atoms with van der Waals surface area (Å²) < 4.78 is 5.88. The summed E-state index contributed by atoms with van der Waals surface area (Å²) in [6, 6.07) is 17.8. The van der Waals surface area contributed by atoms with E-state index in [0.29, 0.717) is 6.42 Å². The molecule has 2 aromatic rings. The monoisotopic (exact) mass is 288 g/mol. The lowest BCUT2D eigenvalue weighted by atomic mass is 9.95. The van der Waals surface area contributed by atoms with E-state index < -0.39 is 12.3 Å². The van der Waals surface area contributed by atoms with Crippen LogP contribution >= 0.6 is 0 Å². The first-order valence-corrected chi connectivity index (χ1v) is 6.47. The fourth-order valence-corrected chi connectivity index (χ4v) is 2.27. The van der Waals surface area contributed by atoms with Crippen LogP contribution < -0.4 is 4.74 Å². The summed E-state index contributed by atoms with van der Waals surface area (Å²) >= 11 is 0. The highest BCUT2D eigenvalue weighted by molar-refractivity contribution is 5.53. The minimum Gasteiger partial charge on any atom is -0.483 e. The number of ether oxygens (including phenoxy) is 1. The van der Waals surface area contributed by atoms with Crippen molar-refractivity contribution >= 4 is 6.16 Å². The van der Waals surface area contributed by atoms with Gasteiger partial charge in [0.15, 0.2) is 0 Å². The van der Waals surface area contributed by atoms with Crippen LogP contribution in [-0.4, -0.2) is 27.6 Å². The zero-order chi connectivity index (χ0) is 15.2. The molecule has 1 heterocycles. The van der Waals surface area contributed by atoms with Gasteiger partial charge in [-0.25, -0.2) is 4.79 Å². The lowest BCUT2D eigenvalue weighted by Crippen LogP contribution is -2.30. The molecule has 0 saturated heterocycles. The molecular formula is C16H16O5. The Hall–Kier alpha value is -2.53. The van der Waals surface area contributed by atoms with Gasteiger partial charge in [-0.1, -0.05) is 48.5 Å². The first-order valence-electron chi connectivity index (χ1n) is 6.47. The summed E-state index contributed by atoms with van der Waals surface area (Å²) in [5.41, 5.74) is 2.10. The fraction of sp³-hybridized carbons (Fsp3) is 0.188. The summed E-state index contributed by atoms with van der Waals surface area (Å²) in [5.74, 6) is 0.881. The number of carboxylic acid groups (broad SMARTS) is 2. The van der Waals surface area contributed by atoms with E-state index in [0.717, 1.165) is 16.9 Å². The summed E-state index contributed by atoms with van der Waals surface area (Å²) in [6.07, 6.45) is -1.92. The van der Waals surface area contributed by atoms with Crippen molar-refractivity contribution < 1.29 is 24.9 Å². The fourth-order valence-electron chi connectivity index (χ4n) is 2.27. The van der Waals surface area contributed by atoms with Gasteiger partial charge in [0.1, 0.15) is 11.9 Å². The molecule has 2 atom stereocenters. The van der Waals surface area contributed by atoms with E-state index in [-0.39, 0.29) is 6.10 Å². The van der Waals surface area contributed by atoms with Crippen molar-refractivity contribution in [2.75, 3.05) is 0 Å². The first-order chi connectivity index (χ1) is 10.1. The van der Waals surface area contributed by atoms with Crippen molar-refractivity contribution in [3.05, 3.63) is 65.7 Å². The average molecular weight is 288 g/mol. The second-order valence-electron chi connectivity index (χ2n) is 4.61. The van der Waals surface area contributed by atoms with Gasteiger partial charge in [0.2, 0.25) is 0 Å². The Balaban J connectivity index is 0.000000361. The summed E-state index contributed by atoms with van der Waals surface area (Å²) in [7, 11) is 0. The second-order valence-corrected chi connectivity index (χ2v) is 4.61. The predicted molar refractivity (Wildman–Crippen MR) is 76.6 cm³/mol. The highest BCUT2D eigenvalue weighted by Gasteiger charge is 2.29. The Kier molecular flexibility index (Phi) is 4.79. The van der Waals surface area contributed by atoms with E-state index in [4.69, 9.17) is 19.7 Å². The van der Waals surface area contributed by atoms with Gasteiger partial charge in [-0.05, 0) is 17.2 Å². The van der Waals surface area contributed by atoms with Crippen LogP contribution in [0.5, 0.6) is 5.75 Å². The van der Waals surface area contributed by atoms with Crippen LogP contribution in [0.25, 0.3) is 0 Å². The molecule has 5 heteroatoms. The SMILES string of the molecule is O=C(O)O.OC1Cc2ccccc2OC1c1ccccc1. The average Bonchev–Trinajstić information content (AvgIpc) is 2.47. The molecule has 0 amide bonds. The third-order valence-electron chi connectivity index (χ3n) is 3.13. The van der Waals surface area contributed by atoms with Crippen LogP contribution in [0.1, 0.15) is 17.2 Å². The minimum atomic E-state index is -1.83. The highest BCUT2D eigenvalue weighted by Crippen LogP contribution is 2.34. The quantitative estimate of drug-likeness (QED) is 0.751. The second kappa shape index (κ2) is 6.76. The molecule has 1 aliphatic rings. The number of para-hydroxylation sites is 1. The van der Waals surface area contributed by atoms with Gasteiger partial charge in [-0.2, -0.15) is 0 Å². The van der Waals surface area contributed by atoms with Gasteiger partial charge < -0.3 is 20.1 Å². The van der Waals surface area contributed by atoms with Gasteiger partial charge in [0.05, 0.1) is 6.10 Å². The maximum atomic E-state index is 10.1. The number of carbonyl (C=O) groups is 1. The molecule has 3 N–H and O–H groups in total. The number of hydrogen-bond acceptors (Lipinski definition) is 3. The lowest BCUT2D eigenvalue weighted by molar-refractivity contribution is 0.0208. The van der Waals surface area contributed by atoms with Crippen molar-refractivity contribution in [1.29, 1.82) is 0 Å². The van der Waals surface area contributed by atoms with Gasteiger partial charge >= 0.3 is 6.16 Å². The van der Waals surface area contributed by atoms with Crippen molar-refractivity contribution in [3.63, 3.8) is 0 Å². The molecule has 21 heavy (non-hydrogen) atoms. The number of hydrogen-bond donors (Lipinski definition) is 3. The number of aliphatic hydroxyl groups is 1. The van der Waals surface area contributed by atoms with Crippen LogP contribution in [0.2, 0.25) is 0 Å². The first kappa shape index (κ1) is 14.9. The van der Waals surface area contributed by atoms with Gasteiger partial charge in [-0.15, -0.1) is 0 Å². The zero-order valence-corrected chi connectivity index (χ0v) is 11.2. The standard InChI is InChI=1S/C15H14O2.CH2O3/c16-13-10-12-8-4-5-9-14(12)17-15(13)11-6-2-1-3-7-11;2-1(3)4/h1-9,13,15-16H,10H2;(H2,2,3,4). The molecule has 1 aliphatic heterocycles. The van der Waals surface area contributed by atoms with E-state index in [1.54, 1.807) is 0 Å². The lowest BCUT2D eigenvalue weighted by Gasteiger charge is -2.30. The van der Waals surface area contributed by atoms with Crippen LogP contribution in [0, 0.1) is 0 Å². The number of aliphatic hydroxyl groups excluding tert-OH is 1. The Morgan fingerprint density at radius 2 is 1.57 bits per heavy atom. The Bertz CT molecular complexity index is 593. The topological polar surface area (TPSA) is 87.0 Å². The van der Waals surface area contributed by atoms with Crippen LogP contribution in [0.4, 0.5) is 4.79 Å². The van der Waals surface area contributed by atoms with Crippen molar-refractivity contribution in [1.82, 2.24) is 0 Å². The van der Waals surface area contributed by atoms with Crippen molar-refractivity contribution in [3.8, 4) is 5.75 Å². The molecule has 0 aliphatic carbocycles. The third kappa shape index (κ3) is 3.97. The van der Waals surface area contributed by atoms with Crippen LogP contribution in [0.15, 0.2) is 54.6 Å². The normalized spacial score (nSPS) is 19.5. The summed E-state index contributed by atoms with van der Waals surface area (Å²) in [5, 5.41) is 24.1. The van der Waals surface area contributed by atoms with Gasteiger partial charge in [-0.3, -0.25) is 0 Å². The Morgan fingerprint density at radius 3 is 2.24 bits per heavy atom. The van der Waals surface area contributed by atoms with E-state index in [1.807, 2.05) is 54.6 Å². The van der Waals surface area contributed by atoms with Crippen LogP contribution in [0.3, 0.4) is 0 Å². The molecular weight excluding hydrogens is 272 g/mol. The van der Waals surface area contributed by atoms with Gasteiger partial charge in [0, 0.05) is 6.42 Å². The zero-order valence-electron chi connectivity index (χ0n) is 11.2. The van der Waals surface area contributed by atoms with Crippen molar-refractivity contribution in [2.24, 2.45) is 0 Å². The van der Waals surface area contributed by atoms with Crippen LogP contribution in [-0.2, 0) is 6.42 Å². The number of fused-ring (bicyclic) bond motifs is 1. The minimum absolute atomic E-state index is 0.258. The molecule has 2 unspecified atom stereocenters. The number of benzene rings is 2. The molecule has 2 aromatic carbocycles. The van der Waals surface area contributed by atoms with E-state index in [1.165, 1.54) is 0 Å². The molecule has 3 rings (SSSR count).